The number of hydrogen-bond donors (Lipinski definition) is 1. The Morgan fingerprint density at radius 1 is 1.15 bits per heavy atom. The number of allylic oxidation sites excluding steroid dienone is 2. The van der Waals surface area contributed by atoms with Gasteiger partial charge >= 0.3 is 12.1 Å². The average Bonchev–Trinajstić information content (AvgIpc) is 2.98. The molecule has 0 spiro atoms. The molecule has 138 valence electrons. The quantitative estimate of drug-likeness (QED) is 0.608. The molecule has 4 nitrogen and oxygen atoms in total. The highest BCUT2D eigenvalue weighted by molar-refractivity contribution is 5.83. The van der Waals surface area contributed by atoms with Crippen LogP contribution in [-0.2, 0) is 17.5 Å². The summed E-state index contributed by atoms with van der Waals surface area (Å²) in [6, 6.07) is 8.10. The van der Waals surface area contributed by atoms with E-state index >= 15 is 0 Å². The van der Waals surface area contributed by atoms with Crippen LogP contribution in [0.5, 0.6) is 0 Å². The number of rotatable bonds is 6. The average molecular weight is 365 g/mol. The van der Waals surface area contributed by atoms with Crippen LogP contribution < -0.4 is 0 Å². The fourth-order valence-electron chi connectivity index (χ4n) is 2.31. The van der Waals surface area contributed by atoms with Crippen LogP contribution in [0.15, 0.2) is 59.0 Å². The highest BCUT2D eigenvalue weighted by Crippen LogP contribution is 2.32. The maximum absolute atomic E-state index is 12.7. The van der Waals surface area contributed by atoms with Crippen LogP contribution in [-0.4, -0.2) is 30.1 Å². The second-order valence-corrected chi connectivity index (χ2v) is 5.86. The minimum absolute atomic E-state index is 0.441. The minimum Gasteiger partial charge on any atom is -0.478 e. The largest absolute Gasteiger partial charge is 0.478 e. The summed E-state index contributed by atoms with van der Waals surface area (Å²) in [7, 11) is 3.76. The lowest BCUT2D eigenvalue weighted by Crippen LogP contribution is -2.09. The minimum atomic E-state index is -4.42. The zero-order valence-corrected chi connectivity index (χ0v) is 14.2. The molecule has 0 aliphatic heterocycles. The molecule has 1 aromatic carbocycles. The monoisotopic (exact) mass is 365 g/mol. The highest BCUT2D eigenvalue weighted by atomic mass is 19.4. The molecule has 0 radical (unpaired) electrons. The molecule has 1 N–H and O–H groups in total. The molecule has 0 atom stereocenters. The van der Waals surface area contributed by atoms with Gasteiger partial charge in [0.05, 0.1) is 12.1 Å². The normalized spacial score (nSPS) is 12.9. The zero-order valence-electron chi connectivity index (χ0n) is 14.2. The van der Waals surface area contributed by atoms with Crippen molar-refractivity contribution in [1.82, 2.24) is 4.90 Å². The van der Waals surface area contributed by atoms with Gasteiger partial charge in [0.1, 0.15) is 11.5 Å². The third-order valence-electron chi connectivity index (χ3n) is 3.42. The van der Waals surface area contributed by atoms with E-state index in [1.54, 1.807) is 12.1 Å². The van der Waals surface area contributed by atoms with Crippen molar-refractivity contribution < 1.29 is 27.5 Å². The Bertz CT molecular complexity index is 815. The summed E-state index contributed by atoms with van der Waals surface area (Å²) in [4.78, 5) is 12.6. The van der Waals surface area contributed by atoms with E-state index in [-0.39, 0.29) is 0 Å². The van der Waals surface area contributed by atoms with E-state index in [9.17, 15) is 18.0 Å². The van der Waals surface area contributed by atoms with E-state index in [0.29, 0.717) is 29.2 Å². The molecule has 2 rings (SSSR count). The summed E-state index contributed by atoms with van der Waals surface area (Å²) >= 11 is 0. The third-order valence-corrected chi connectivity index (χ3v) is 3.42. The second kappa shape index (κ2) is 8.05. The zero-order chi connectivity index (χ0) is 19.3. The topological polar surface area (TPSA) is 53.7 Å². The smallest absolute Gasteiger partial charge is 0.416 e. The third kappa shape index (κ3) is 5.35. The van der Waals surface area contributed by atoms with Crippen molar-refractivity contribution in [1.29, 1.82) is 0 Å². The summed E-state index contributed by atoms with van der Waals surface area (Å²) in [6.07, 6.45) is -0.679. The number of carboxylic acids is 1. The van der Waals surface area contributed by atoms with Crippen LogP contribution in [0, 0.1) is 0 Å². The molecule has 0 saturated heterocycles. The summed E-state index contributed by atoms with van der Waals surface area (Å²) in [5.74, 6) is 0.00225. The molecule has 0 unspecified atom stereocenters. The second-order valence-electron chi connectivity index (χ2n) is 5.86. The molecule has 1 heterocycles. The van der Waals surface area contributed by atoms with Gasteiger partial charge in [-0.15, -0.1) is 0 Å². The van der Waals surface area contributed by atoms with Gasteiger partial charge in [-0.25, -0.2) is 4.79 Å². The molecule has 0 aliphatic rings. The Morgan fingerprint density at radius 3 is 2.35 bits per heavy atom. The molecular weight excluding hydrogens is 347 g/mol. The molecule has 0 fully saturated rings. The van der Waals surface area contributed by atoms with Crippen LogP contribution in [0.4, 0.5) is 13.2 Å². The van der Waals surface area contributed by atoms with Gasteiger partial charge in [-0.2, -0.15) is 13.2 Å². The molecule has 1 aromatic heterocycles. The predicted octanol–water partition coefficient (Wildman–Crippen LogP) is 4.43. The van der Waals surface area contributed by atoms with E-state index in [2.05, 4.69) is 0 Å². The summed E-state index contributed by atoms with van der Waals surface area (Å²) in [5, 5.41) is 8.73. The molecule has 0 aliphatic carbocycles. The van der Waals surface area contributed by atoms with Gasteiger partial charge in [0, 0.05) is 11.6 Å². The maximum Gasteiger partial charge on any atom is 0.416 e. The van der Waals surface area contributed by atoms with Crippen molar-refractivity contribution in [2.75, 3.05) is 14.1 Å². The van der Waals surface area contributed by atoms with Gasteiger partial charge < -0.3 is 14.4 Å². The van der Waals surface area contributed by atoms with Crippen LogP contribution >= 0.6 is 0 Å². The molecule has 26 heavy (non-hydrogen) atoms. The summed E-state index contributed by atoms with van der Waals surface area (Å²) in [5.41, 5.74) is 0.217. The summed E-state index contributed by atoms with van der Waals surface area (Å²) in [6.45, 7) is 0.561. The Balaban J connectivity index is 2.41. The Labute approximate surface area is 148 Å². The first-order valence-corrected chi connectivity index (χ1v) is 7.69. The van der Waals surface area contributed by atoms with E-state index < -0.39 is 17.7 Å². The number of alkyl halides is 3. The van der Waals surface area contributed by atoms with E-state index in [1.807, 2.05) is 19.0 Å². The molecule has 0 saturated carbocycles. The molecule has 0 bridgehead atoms. The standard InChI is InChI=1S/C19H18F3NO3/c1-23(2)12-15-10-11-17(26-15)16(4-3-5-18(24)25)13-6-8-14(9-7-13)19(20,21)22/h3-11H,12H2,1-2H3,(H,24,25). The van der Waals surface area contributed by atoms with Crippen LogP contribution in [0.25, 0.3) is 5.57 Å². The van der Waals surface area contributed by atoms with Gasteiger partial charge in [0.15, 0.2) is 0 Å². The Hall–Kier alpha value is -2.80. The lowest BCUT2D eigenvalue weighted by Gasteiger charge is -2.09. The van der Waals surface area contributed by atoms with Crippen molar-refractivity contribution in [3.8, 4) is 0 Å². The van der Waals surface area contributed by atoms with Crippen LogP contribution in [0.2, 0.25) is 0 Å². The van der Waals surface area contributed by atoms with E-state index in [1.165, 1.54) is 24.3 Å². The van der Waals surface area contributed by atoms with E-state index in [0.717, 1.165) is 18.2 Å². The van der Waals surface area contributed by atoms with Crippen molar-refractivity contribution in [2.24, 2.45) is 0 Å². The number of carbonyl (C=O) groups is 1. The number of halogens is 3. The first-order valence-electron chi connectivity index (χ1n) is 7.69. The number of carboxylic acid groups (broad SMARTS) is 1. The number of nitrogens with zero attached hydrogens (tertiary/aromatic N) is 1. The fourth-order valence-corrected chi connectivity index (χ4v) is 2.31. The maximum atomic E-state index is 12.7. The predicted molar refractivity (Wildman–Crippen MR) is 91.4 cm³/mol. The lowest BCUT2D eigenvalue weighted by atomic mass is 10.0. The van der Waals surface area contributed by atoms with Crippen LogP contribution in [0.1, 0.15) is 22.6 Å². The van der Waals surface area contributed by atoms with Gasteiger partial charge in [-0.1, -0.05) is 24.3 Å². The SMILES string of the molecule is CN(C)Cc1ccc(C(=CC=CC(=O)O)c2ccc(C(F)(F)F)cc2)o1. The Kier molecular flexibility index (Phi) is 6.05. The lowest BCUT2D eigenvalue weighted by molar-refractivity contribution is -0.137. The van der Waals surface area contributed by atoms with Crippen molar-refractivity contribution in [3.63, 3.8) is 0 Å². The number of aliphatic carboxylic acids is 1. The van der Waals surface area contributed by atoms with Crippen LogP contribution in [0.3, 0.4) is 0 Å². The van der Waals surface area contributed by atoms with Gasteiger partial charge in [0.25, 0.3) is 0 Å². The number of furan rings is 1. The number of hydrogen-bond acceptors (Lipinski definition) is 3. The first kappa shape index (κ1) is 19.5. The summed E-state index contributed by atoms with van der Waals surface area (Å²) < 4.78 is 44.0. The van der Waals surface area contributed by atoms with Gasteiger partial charge in [-0.05, 0) is 43.9 Å². The van der Waals surface area contributed by atoms with E-state index in [4.69, 9.17) is 9.52 Å². The molecule has 0 amide bonds. The molecule has 7 heteroatoms. The highest BCUT2D eigenvalue weighted by Gasteiger charge is 2.30. The molecular formula is C19H18F3NO3. The van der Waals surface area contributed by atoms with Gasteiger partial charge in [0.2, 0.25) is 0 Å². The van der Waals surface area contributed by atoms with Crippen molar-refractivity contribution in [2.45, 2.75) is 12.7 Å². The van der Waals surface area contributed by atoms with Crippen molar-refractivity contribution >= 4 is 11.5 Å². The molecule has 2 aromatic rings. The van der Waals surface area contributed by atoms with Gasteiger partial charge in [-0.3, -0.25) is 0 Å². The van der Waals surface area contributed by atoms with Crippen molar-refractivity contribution in [3.05, 3.63) is 77.3 Å². The Morgan fingerprint density at radius 2 is 1.81 bits per heavy atom. The first-order chi connectivity index (χ1) is 12.2. The fraction of sp³-hybridized carbons (Fsp3) is 0.211. The number of benzene rings is 1.